The Balaban J connectivity index is 3.65. The number of hydrogen-bond acceptors (Lipinski definition) is 2. The van der Waals surface area contributed by atoms with Crippen molar-refractivity contribution in [1.82, 2.24) is 0 Å². The summed E-state index contributed by atoms with van der Waals surface area (Å²) in [4.78, 5) is 9.05. The average Bonchev–Trinajstić information content (AvgIpc) is 1.84. The van der Waals surface area contributed by atoms with E-state index in [9.17, 15) is 4.57 Å². The normalized spacial score (nSPS) is 17.4. The molecule has 0 aromatic carbocycles. The lowest BCUT2D eigenvalue weighted by molar-refractivity contribution is -0.870. The van der Waals surface area contributed by atoms with E-state index in [0.717, 1.165) is 11.0 Å². The lowest BCUT2D eigenvalue weighted by Gasteiger charge is -2.23. The van der Waals surface area contributed by atoms with Gasteiger partial charge in [0.25, 0.3) is 0 Å². The van der Waals surface area contributed by atoms with Crippen molar-refractivity contribution >= 4 is 7.60 Å². The minimum Gasteiger partial charge on any atom is -0.329 e. The monoisotopic (exact) mass is 196 g/mol. The Morgan fingerprint density at radius 3 is 2.25 bits per heavy atom. The van der Waals surface area contributed by atoms with Crippen molar-refractivity contribution in [3.63, 3.8) is 0 Å². The molecular formula is C7H19NO3P+. The van der Waals surface area contributed by atoms with Crippen LogP contribution in [0.2, 0.25) is 0 Å². The third-order valence-electron chi connectivity index (χ3n) is 1.45. The van der Waals surface area contributed by atoms with Crippen LogP contribution in [0, 0.1) is 0 Å². The van der Waals surface area contributed by atoms with Gasteiger partial charge in [0.1, 0.15) is 13.2 Å². The number of hydrogen-bond donors (Lipinski definition) is 1. The van der Waals surface area contributed by atoms with E-state index in [4.69, 9.17) is 9.42 Å². The molecule has 0 aliphatic rings. The summed E-state index contributed by atoms with van der Waals surface area (Å²) in [7, 11) is 2.77. The summed E-state index contributed by atoms with van der Waals surface area (Å²) in [5.41, 5.74) is 0. The van der Waals surface area contributed by atoms with E-state index in [1.165, 1.54) is 0 Å². The van der Waals surface area contributed by atoms with Gasteiger partial charge in [-0.25, -0.2) is 0 Å². The van der Waals surface area contributed by atoms with Crippen LogP contribution in [0.5, 0.6) is 0 Å². The van der Waals surface area contributed by atoms with Crippen LogP contribution in [0.25, 0.3) is 0 Å². The molecular weight excluding hydrogens is 177 g/mol. The highest BCUT2D eigenvalue weighted by Gasteiger charge is 2.17. The van der Waals surface area contributed by atoms with Gasteiger partial charge in [-0.3, -0.25) is 4.57 Å². The molecule has 5 heteroatoms. The van der Waals surface area contributed by atoms with E-state index in [-0.39, 0.29) is 6.16 Å². The largest absolute Gasteiger partial charge is 0.329 e. The Morgan fingerprint density at radius 1 is 1.42 bits per heavy atom. The lowest BCUT2D eigenvalue weighted by atomic mass is 10.5. The van der Waals surface area contributed by atoms with Crippen LogP contribution in [-0.4, -0.2) is 49.8 Å². The van der Waals surface area contributed by atoms with E-state index in [2.05, 4.69) is 0 Å². The van der Waals surface area contributed by atoms with Gasteiger partial charge < -0.3 is 13.9 Å². The fourth-order valence-electron chi connectivity index (χ4n) is 0.549. The molecule has 1 unspecified atom stereocenters. The molecule has 0 aliphatic carbocycles. The maximum absolute atomic E-state index is 11.0. The smallest absolute Gasteiger partial charge is 0.328 e. The molecule has 0 amide bonds. The summed E-state index contributed by atoms with van der Waals surface area (Å²) in [5, 5.41) is 0. The number of nitrogens with zero attached hydrogens (tertiary/aromatic N) is 1. The Hall–Kier alpha value is 0.110. The lowest BCUT2D eigenvalue weighted by Crippen LogP contribution is -2.37. The van der Waals surface area contributed by atoms with Gasteiger partial charge in [0.05, 0.1) is 21.1 Å². The molecule has 1 atom stereocenters. The minimum atomic E-state index is -3.27. The minimum absolute atomic E-state index is 0.185. The van der Waals surface area contributed by atoms with Gasteiger partial charge in [-0.15, -0.1) is 0 Å². The molecule has 0 saturated heterocycles. The quantitative estimate of drug-likeness (QED) is 0.525. The van der Waals surface area contributed by atoms with Crippen LogP contribution < -0.4 is 0 Å². The zero-order valence-corrected chi connectivity index (χ0v) is 9.17. The second-order valence-electron chi connectivity index (χ2n) is 3.80. The summed E-state index contributed by atoms with van der Waals surface area (Å²) in [6.45, 7) is 2.72. The second-order valence-corrected chi connectivity index (χ2v) is 5.97. The third kappa shape index (κ3) is 6.80. The van der Waals surface area contributed by atoms with Crippen molar-refractivity contribution in [2.24, 2.45) is 0 Å². The standard InChI is InChI=1S/C7H18NO3P/c1-5-12(9,10)11-7-6-8(2,3)4/h5-7H2,1-4H3/p+1. The summed E-state index contributed by atoms with van der Waals surface area (Å²) in [5.74, 6) is 0. The molecule has 0 fully saturated rings. The Kier molecular flexibility index (Phi) is 4.42. The van der Waals surface area contributed by atoms with E-state index in [1.54, 1.807) is 6.92 Å². The Bertz CT molecular complexity index is 176. The summed E-state index contributed by atoms with van der Waals surface area (Å²) in [6, 6.07) is 0. The molecule has 0 aromatic heterocycles. The zero-order valence-electron chi connectivity index (χ0n) is 8.28. The molecule has 0 bridgehead atoms. The van der Waals surface area contributed by atoms with Crippen LogP contribution in [0.4, 0.5) is 0 Å². The predicted octanol–water partition coefficient (Wildman–Crippen LogP) is 0.914. The molecule has 1 N–H and O–H groups in total. The van der Waals surface area contributed by atoms with Crippen molar-refractivity contribution in [3.8, 4) is 0 Å². The molecule has 4 nitrogen and oxygen atoms in total. The Labute approximate surface area is 74.3 Å². The van der Waals surface area contributed by atoms with Gasteiger partial charge in [0, 0.05) is 6.16 Å². The molecule has 0 aromatic rings. The van der Waals surface area contributed by atoms with Crippen molar-refractivity contribution in [3.05, 3.63) is 0 Å². The molecule has 74 valence electrons. The first kappa shape index (κ1) is 12.1. The van der Waals surface area contributed by atoms with E-state index < -0.39 is 7.60 Å². The van der Waals surface area contributed by atoms with Crippen LogP contribution in [0.3, 0.4) is 0 Å². The molecule has 0 aliphatic heterocycles. The first-order valence-electron chi connectivity index (χ1n) is 4.04. The Morgan fingerprint density at radius 2 is 1.92 bits per heavy atom. The zero-order chi connectivity index (χ0) is 9.83. The summed E-state index contributed by atoms with van der Waals surface area (Å²) in [6.07, 6.45) is 0.185. The van der Waals surface area contributed by atoms with Gasteiger partial charge in [-0.2, -0.15) is 0 Å². The molecule has 0 heterocycles. The van der Waals surface area contributed by atoms with Crippen LogP contribution in [0.1, 0.15) is 6.92 Å². The van der Waals surface area contributed by atoms with Crippen LogP contribution >= 0.6 is 7.60 Å². The first-order chi connectivity index (χ1) is 5.27. The average molecular weight is 196 g/mol. The third-order valence-corrected chi connectivity index (χ3v) is 2.84. The van der Waals surface area contributed by atoms with Crippen LogP contribution in [-0.2, 0) is 9.09 Å². The maximum Gasteiger partial charge on any atom is 0.328 e. The second kappa shape index (κ2) is 4.38. The summed E-state index contributed by atoms with van der Waals surface area (Å²) < 4.78 is 16.6. The fraction of sp³-hybridized carbons (Fsp3) is 1.00. The molecule has 0 rings (SSSR count). The number of likely N-dealkylation sites (N-methyl/N-ethyl adjacent to an activating group) is 1. The maximum atomic E-state index is 11.0. The topological polar surface area (TPSA) is 46.5 Å². The highest BCUT2D eigenvalue weighted by molar-refractivity contribution is 7.52. The van der Waals surface area contributed by atoms with Gasteiger partial charge in [-0.1, -0.05) is 6.92 Å². The molecule has 0 saturated carbocycles. The highest BCUT2D eigenvalue weighted by Crippen LogP contribution is 2.40. The molecule has 0 spiro atoms. The van der Waals surface area contributed by atoms with Crippen LogP contribution in [0.15, 0.2) is 0 Å². The molecule has 12 heavy (non-hydrogen) atoms. The fourth-order valence-corrected chi connectivity index (χ4v) is 1.10. The van der Waals surface area contributed by atoms with Crippen molar-refractivity contribution in [2.75, 3.05) is 40.5 Å². The highest BCUT2D eigenvalue weighted by atomic mass is 31.2. The van der Waals surface area contributed by atoms with Crippen molar-refractivity contribution < 1.29 is 18.5 Å². The van der Waals surface area contributed by atoms with Crippen molar-refractivity contribution in [1.29, 1.82) is 0 Å². The van der Waals surface area contributed by atoms with E-state index >= 15 is 0 Å². The predicted molar refractivity (Wildman–Crippen MR) is 49.2 cm³/mol. The van der Waals surface area contributed by atoms with Gasteiger partial charge in [0.15, 0.2) is 0 Å². The van der Waals surface area contributed by atoms with Gasteiger partial charge in [-0.05, 0) is 0 Å². The first-order valence-corrected chi connectivity index (χ1v) is 5.80. The molecule has 0 radical (unpaired) electrons. The van der Waals surface area contributed by atoms with Gasteiger partial charge in [0.2, 0.25) is 0 Å². The van der Waals surface area contributed by atoms with Gasteiger partial charge >= 0.3 is 7.60 Å². The SMILES string of the molecule is CCP(=O)(O)OCC[N+](C)(C)C. The van der Waals surface area contributed by atoms with Crippen molar-refractivity contribution in [2.45, 2.75) is 6.92 Å². The van der Waals surface area contributed by atoms with E-state index in [0.29, 0.717) is 6.61 Å². The number of rotatable bonds is 5. The van der Waals surface area contributed by atoms with E-state index in [1.807, 2.05) is 21.1 Å². The number of quaternary nitrogens is 1. The summed E-state index contributed by atoms with van der Waals surface area (Å²) >= 11 is 0.